The number of carbonyl (C=O) groups is 2. The number of nitrogens with zero attached hydrogens (tertiary/aromatic N) is 2. The summed E-state index contributed by atoms with van der Waals surface area (Å²) in [5.74, 6) is 0.622. The highest BCUT2D eigenvalue weighted by Crippen LogP contribution is 2.36. The summed E-state index contributed by atoms with van der Waals surface area (Å²) in [4.78, 5) is 29.0. The quantitative estimate of drug-likeness (QED) is 0.211. The van der Waals surface area contributed by atoms with Gasteiger partial charge < -0.3 is 20.8 Å². The number of aliphatic hydroxyl groups is 2. The van der Waals surface area contributed by atoms with Crippen molar-refractivity contribution in [3.05, 3.63) is 0 Å². The molecule has 2 amide bonds. The minimum atomic E-state index is -0.0191. The van der Waals surface area contributed by atoms with E-state index in [2.05, 4.69) is 82.7 Å². The third-order valence-corrected chi connectivity index (χ3v) is 7.36. The van der Waals surface area contributed by atoms with Crippen LogP contribution in [0.25, 0.3) is 0 Å². The van der Waals surface area contributed by atoms with Crippen LogP contribution in [0.5, 0.6) is 0 Å². The number of nitrogens with one attached hydrogen (secondary N) is 2. The van der Waals surface area contributed by atoms with Crippen molar-refractivity contribution >= 4 is 11.8 Å². The number of aliphatic hydroxyl groups excluding tert-OH is 2. The Morgan fingerprint density at radius 1 is 0.694 bits per heavy atom. The minimum absolute atomic E-state index is 0.0135. The summed E-state index contributed by atoms with van der Waals surface area (Å²) >= 11 is 0. The largest absolute Gasteiger partial charge is 0.395 e. The van der Waals surface area contributed by atoms with Crippen LogP contribution in [-0.2, 0) is 9.59 Å². The van der Waals surface area contributed by atoms with Crippen molar-refractivity contribution in [2.75, 3.05) is 65.6 Å². The fraction of sp³-hybridized carbons (Fsp3) is 0.929. The lowest BCUT2D eigenvalue weighted by atomic mass is 9.69. The summed E-state index contributed by atoms with van der Waals surface area (Å²) in [5.41, 5.74) is 0.128. The van der Waals surface area contributed by atoms with Gasteiger partial charge in [0.1, 0.15) is 0 Å². The van der Waals surface area contributed by atoms with Crippen LogP contribution < -0.4 is 10.6 Å². The number of hydrogen-bond acceptors (Lipinski definition) is 6. The lowest BCUT2D eigenvalue weighted by molar-refractivity contribution is -0.123. The molecule has 8 nitrogen and oxygen atoms in total. The van der Waals surface area contributed by atoms with Gasteiger partial charge in [-0.05, 0) is 28.6 Å². The zero-order chi connectivity index (χ0) is 28.0. The van der Waals surface area contributed by atoms with Gasteiger partial charge in [0.2, 0.25) is 11.8 Å². The van der Waals surface area contributed by atoms with Gasteiger partial charge in [0, 0.05) is 65.2 Å². The SMILES string of the molecule is CC(C)CC(C)(C)CNC(=O)CCN(CCO)CCN(CCO)CCC(=O)NCC(C)(C)C(C)(C)C. The Morgan fingerprint density at radius 2 is 1.11 bits per heavy atom. The van der Waals surface area contributed by atoms with Gasteiger partial charge in [0.05, 0.1) is 13.2 Å². The second kappa shape index (κ2) is 16.6. The molecule has 0 aromatic carbocycles. The lowest BCUT2D eigenvalue weighted by Gasteiger charge is -2.39. The Bertz CT molecular complexity index is 630. The van der Waals surface area contributed by atoms with Crippen molar-refractivity contribution < 1.29 is 19.8 Å². The van der Waals surface area contributed by atoms with E-state index in [0.717, 1.165) is 6.42 Å². The predicted molar refractivity (Wildman–Crippen MR) is 149 cm³/mol. The number of hydrogen-bond donors (Lipinski definition) is 4. The van der Waals surface area contributed by atoms with Gasteiger partial charge in [0.25, 0.3) is 0 Å². The summed E-state index contributed by atoms with van der Waals surface area (Å²) in [5, 5.41) is 25.1. The Balaban J connectivity index is 4.59. The maximum absolute atomic E-state index is 12.4. The first-order valence-electron chi connectivity index (χ1n) is 13.7. The Hall–Kier alpha value is -1.22. The molecular weight excluding hydrogens is 456 g/mol. The van der Waals surface area contributed by atoms with E-state index in [0.29, 0.717) is 71.1 Å². The lowest BCUT2D eigenvalue weighted by Crippen LogP contribution is -2.43. The van der Waals surface area contributed by atoms with Gasteiger partial charge in [-0.2, -0.15) is 0 Å². The molecular formula is C28H58N4O4. The van der Waals surface area contributed by atoms with E-state index in [1.807, 2.05) is 0 Å². The first kappa shape index (κ1) is 34.8. The molecule has 0 fully saturated rings. The number of carbonyl (C=O) groups excluding carboxylic acids is 2. The smallest absolute Gasteiger partial charge is 0.221 e. The highest BCUT2D eigenvalue weighted by Gasteiger charge is 2.32. The highest BCUT2D eigenvalue weighted by atomic mass is 16.3. The van der Waals surface area contributed by atoms with Crippen LogP contribution in [0.4, 0.5) is 0 Å². The molecule has 0 saturated carbocycles. The van der Waals surface area contributed by atoms with Gasteiger partial charge in [-0.15, -0.1) is 0 Å². The van der Waals surface area contributed by atoms with Crippen molar-refractivity contribution in [3.63, 3.8) is 0 Å². The zero-order valence-electron chi connectivity index (χ0n) is 24.9. The Kier molecular flexibility index (Phi) is 16.0. The fourth-order valence-electron chi connectivity index (χ4n) is 4.03. The van der Waals surface area contributed by atoms with Crippen LogP contribution in [0.3, 0.4) is 0 Å². The molecule has 8 heteroatoms. The van der Waals surface area contributed by atoms with Crippen LogP contribution in [0.15, 0.2) is 0 Å². The molecule has 0 rings (SSSR count). The van der Waals surface area contributed by atoms with Gasteiger partial charge in [-0.3, -0.25) is 19.4 Å². The monoisotopic (exact) mass is 514 g/mol. The number of amides is 2. The minimum Gasteiger partial charge on any atom is -0.395 e. The van der Waals surface area contributed by atoms with Crippen molar-refractivity contribution in [3.8, 4) is 0 Å². The van der Waals surface area contributed by atoms with E-state index in [1.165, 1.54) is 0 Å². The van der Waals surface area contributed by atoms with Crippen LogP contribution in [0.2, 0.25) is 0 Å². The van der Waals surface area contributed by atoms with E-state index in [4.69, 9.17) is 0 Å². The van der Waals surface area contributed by atoms with E-state index >= 15 is 0 Å². The van der Waals surface area contributed by atoms with Crippen LogP contribution in [0, 0.1) is 22.2 Å². The Morgan fingerprint density at radius 3 is 1.47 bits per heavy atom. The van der Waals surface area contributed by atoms with Crippen molar-refractivity contribution in [2.45, 2.75) is 81.6 Å². The van der Waals surface area contributed by atoms with Gasteiger partial charge in [-0.1, -0.05) is 62.3 Å². The topological polar surface area (TPSA) is 105 Å². The van der Waals surface area contributed by atoms with E-state index in [9.17, 15) is 19.8 Å². The van der Waals surface area contributed by atoms with Crippen molar-refractivity contribution in [1.29, 1.82) is 0 Å². The molecule has 0 bridgehead atoms. The van der Waals surface area contributed by atoms with Gasteiger partial charge in [0.15, 0.2) is 0 Å². The highest BCUT2D eigenvalue weighted by molar-refractivity contribution is 5.76. The zero-order valence-corrected chi connectivity index (χ0v) is 24.9. The second-order valence-electron chi connectivity index (χ2n) is 13.1. The summed E-state index contributed by atoms with van der Waals surface area (Å²) in [6, 6.07) is 0. The number of rotatable bonds is 19. The van der Waals surface area contributed by atoms with Crippen molar-refractivity contribution in [2.24, 2.45) is 22.2 Å². The molecule has 0 saturated heterocycles. The molecule has 0 aliphatic heterocycles. The normalized spacial score (nSPS) is 13.1. The average molecular weight is 515 g/mol. The molecule has 214 valence electrons. The van der Waals surface area contributed by atoms with Crippen LogP contribution in [-0.4, -0.2) is 97.4 Å². The third-order valence-electron chi connectivity index (χ3n) is 7.36. The molecule has 0 atom stereocenters. The molecule has 0 aliphatic rings. The molecule has 0 aromatic heterocycles. The molecule has 0 aliphatic carbocycles. The summed E-state index contributed by atoms with van der Waals surface area (Å²) in [6.07, 6.45) is 1.80. The standard InChI is InChI=1S/C28H58N4O4/c1-23(2)20-27(6,7)21-29-24(35)10-12-31(16-18-33)14-15-32(17-19-34)13-11-25(36)30-22-28(8,9)26(3,4)5/h23,33-34H,10-22H2,1-9H3,(H,29,35)(H,30,36). The Labute approximate surface area is 221 Å². The summed E-state index contributed by atoms with van der Waals surface area (Å²) in [6.45, 7) is 24.3. The van der Waals surface area contributed by atoms with Gasteiger partial charge >= 0.3 is 0 Å². The van der Waals surface area contributed by atoms with Crippen molar-refractivity contribution in [1.82, 2.24) is 20.4 Å². The molecule has 36 heavy (non-hydrogen) atoms. The first-order chi connectivity index (χ1) is 16.5. The fourth-order valence-corrected chi connectivity index (χ4v) is 4.03. The third kappa shape index (κ3) is 15.8. The van der Waals surface area contributed by atoms with E-state index in [1.54, 1.807) is 0 Å². The van der Waals surface area contributed by atoms with Crippen LogP contribution in [0.1, 0.15) is 81.6 Å². The molecule has 0 radical (unpaired) electrons. The van der Waals surface area contributed by atoms with E-state index < -0.39 is 0 Å². The van der Waals surface area contributed by atoms with Crippen LogP contribution >= 0.6 is 0 Å². The molecule has 0 unspecified atom stereocenters. The summed E-state index contributed by atoms with van der Waals surface area (Å²) in [7, 11) is 0. The molecule has 0 heterocycles. The first-order valence-corrected chi connectivity index (χ1v) is 13.7. The predicted octanol–water partition coefficient (Wildman–Crippen LogP) is 2.73. The second-order valence-corrected chi connectivity index (χ2v) is 13.1. The summed E-state index contributed by atoms with van der Waals surface area (Å²) < 4.78 is 0. The molecule has 0 spiro atoms. The molecule has 0 aromatic rings. The molecule has 4 N–H and O–H groups in total. The van der Waals surface area contributed by atoms with E-state index in [-0.39, 0.29) is 41.3 Å². The maximum atomic E-state index is 12.4. The average Bonchev–Trinajstić information content (AvgIpc) is 2.74. The maximum Gasteiger partial charge on any atom is 0.221 e. The van der Waals surface area contributed by atoms with Gasteiger partial charge in [-0.25, -0.2) is 0 Å².